The van der Waals surface area contributed by atoms with Gasteiger partial charge in [0, 0.05) is 12.1 Å². The summed E-state index contributed by atoms with van der Waals surface area (Å²) in [5.41, 5.74) is 0.961. The van der Waals surface area contributed by atoms with Crippen molar-refractivity contribution >= 4 is 23.5 Å². The Bertz CT molecular complexity index is 546. The summed E-state index contributed by atoms with van der Waals surface area (Å²) < 4.78 is 5.39. The molecule has 1 aromatic rings. The van der Waals surface area contributed by atoms with Gasteiger partial charge in [0.15, 0.2) is 0 Å². The van der Waals surface area contributed by atoms with Gasteiger partial charge in [-0.15, -0.1) is 0 Å². The van der Waals surface area contributed by atoms with Crippen LogP contribution in [0.3, 0.4) is 0 Å². The molecule has 1 amide bonds. The summed E-state index contributed by atoms with van der Waals surface area (Å²) in [7, 11) is 0. The number of aliphatic carboxylic acids is 1. The van der Waals surface area contributed by atoms with Crippen LogP contribution >= 0.6 is 0 Å². The van der Waals surface area contributed by atoms with E-state index in [1.54, 1.807) is 24.3 Å². The highest BCUT2D eigenvalue weighted by molar-refractivity contribution is 5.94. The van der Waals surface area contributed by atoms with Gasteiger partial charge in [0.25, 0.3) is 0 Å². The van der Waals surface area contributed by atoms with Gasteiger partial charge in [-0.05, 0) is 49.9 Å². The SMILES string of the molecule is O=C(O)CCC(=O)Nc1ccc(C(=O)OC2CCCC2)cc1. The molecule has 0 unspecified atom stereocenters. The van der Waals surface area contributed by atoms with Crippen LogP contribution in [0, 0.1) is 0 Å². The Labute approximate surface area is 128 Å². The molecule has 22 heavy (non-hydrogen) atoms. The number of rotatable bonds is 6. The average Bonchev–Trinajstić information content (AvgIpc) is 2.99. The first-order chi connectivity index (χ1) is 10.5. The van der Waals surface area contributed by atoms with E-state index < -0.39 is 5.97 Å². The van der Waals surface area contributed by atoms with E-state index in [2.05, 4.69) is 5.32 Å². The Kier molecular flexibility index (Phi) is 5.52. The van der Waals surface area contributed by atoms with Crippen LogP contribution < -0.4 is 5.32 Å². The smallest absolute Gasteiger partial charge is 0.338 e. The van der Waals surface area contributed by atoms with Crippen molar-refractivity contribution in [2.45, 2.75) is 44.6 Å². The van der Waals surface area contributed by atoms with Gasteiger partial charge in [0.05, 0.1) is 12.0 Å². The topological polar surface area (TPSA) is 92.7 Å². The first kappa shape index (κ1) is 16.0. The molecule has 0 heterocycles. The highest BCUT2D eigenvalue weighted by Crippen LogP contribution is 2.22. The first-order valence-electron chi connectivity index (χ1n) is 7.37. The number of amides is 1. The Morgan fingerprint density at radius 1 is 1.09 bits per heavy atom. The molecule has 118 valence electrons. The molecule has 0 saturated heterocycles. The van der Waals surface area contributed by atoms with Gasteiger partial charge in [-0.25, -0.2) is 4.79 Å². The predicted molar refractivity (Wildman–Crippen MR) is 79.6 cm³/mol. The second-order valence-corrected chi connectivity index (χ2v) is 5.33. The fourth-order valence-electron chi connectivity index (χ4n) is 2.36. The van der Waals surface area contributed by atoms with Gasteiger partial charge < -0.3 is 15.2 Å². The molecule has 6 nitrogen and oxygen atoms in total. The van der Waals surface area contributed by atoms with E-state index >= 15 is 0 Å². The third kappa shape index (κ3) is 4.87. The number of carboxylic acids is 1. The Morgan fingerprint density at radius 2 is 1.73 bits per heavy atom. The average molecular weight is 305 g/mol. The van der Waals surface area contributed by atoms with Crippen molar-refractivity contribution in [1.82, 2.24) is 0 Å². The molecule has 0 aromatic heterocycles. The fraction of sp³-hybridized carbons (Fsp3) is 0.438. The second-order valence-electron chi connectivity index (χ2n) is 5.33. The van der Waals surface area contributed by atoms with E-state index in [0.717, 1.165) is 25.7 Å². The quantitative estimate of drug-likeness (QED) is 0.788. The maximum atomic E-state index is 11.9. The number of carboxylic acid groups (broad SMARTS) is 1. The zero-order valence-electron chi connectivity index (χ0n) is 12.2. The molecular weight excluding hydrogens is 286 g/mol. The van der Waals surface area contributed by atoms with Gasteiger partial charge in [-0.3, -0.25) is 9.59 Å². The van der Waals surface area contributed by atoms with Gasteiger partial charge >= 0.3 is 11.9 Å². The summed E-state index contributed by atoms with van der Waals surface area (Å²) in [5, 5.41) is 11.1. The molecule has 2 N–H and O–H groups in total. The standard InChI is InChI=1S/C16H19NO5/c18-14(9-10-15(19)20)17-12-7-5-11(6-8-12)16(21)22-13-3-1-2-4-13/h5-8,13H,1-4,9-10H2,(H,17,18)(H,19,20). The largest absolute Gasteiger partial charge is 0.481 e. The molecule has 1 fully saturated rings. The first-order valence-corrected chi connectivity index (χ1v) is 7.37. The number of ether oxygens (including phenoxy) is 1. The van der Waals surface area contributed by atoms with E-state index in [0.29, 0.717) is 11.3 Å². The summed E-state index contributed by atoms with van der Waals surface area (Å²) in [5.74, 6) is -1.74. The van der Waals surface area contributed by atoms with Crippen LogP contribution in [-0.4, -0.2) is 29.1 Å². The van der Waals surface area contributed by atoms with Gasteiger partial charge in [0.2, 0.25) is 5.91 Å². The summed E-state index contributed by atoms with van der Waals surface area (Å²) in [4.78, 5) is 33.8. The molecule has 0 aliphatic heterocycles. The molecule has 2 rings (SSSR count). The molecule has 1 saturated carbocycles. The molecule has 1 aromatic carbocycles. The molecule has 1 aliphatic rings. The molecule has 1 aliphatic carbocycles. The molecule has 0 bridgehead atoms. The van der Waals surface area contributed by atoms with Crippen LogP contribution in [-0.2, 0) is 14.3 Å². The van der Waals surface area contributed by atoms with E-state index in [4.69, 9.17) is 9.84 Å². The summed E-state index contributed by atoms with van der Waals surface area (Å²) >= 11 is 0. The zero-order valence-corrected chi connectivity index (χ0v) is 12.2. The van der Waals surface area contributed by atoms with Crippen molar-refractivity contribution in [3.63, 3.8) is 0 Å². The van der Waals surface area contributed by atoms with Crippen LogP contribution in [0.1, 0.15) is 48.9 Å². The third-order valence-electron chi connectivity index (χ3n) is 3.55. The normalized spacial score (nSPS) is 14.5. The maximum absolute atomic E-state index is 11.9. The van der Waals surface area contributed by atoms with Crippen molar-refractivity contribution in [3.8, 4) is 0 Å². The van der Waals surface area contributed by atoms with Gasteiger partial charge in [0.1, 0.15) is 6.10 Å². The number of carbonyl (C=O) groups is 3. The van der Waals surface area contributed by atoms with E-state index in [-0.39, 0.29) is 30.8 Å². The van der Waals surface area contributed by atoms with Crippen molar-refractivity contribution in [2.75, 3.05) is 5.32 Å². The second kappa shape index (κ2) is 7.59. The van der Waals surface area contributed by atoms with Crippen molar-refractivity contribution in [2.24, 2.45) is 0 Å². The number of nitrogens with one attached hydrogen (secondary N) is 1. The molecular formula is C16H19NO5. The zero-order chi connectivity index (χ0) is 15.9. The predicted octanol–water partition coefficient (Wildman–Crippen LogP) is 2.59. The summed E-state index contributed by atoms with van der Waals surface area (Å²) in [6, 6.07) is 6.38. The molecule has 0 atom stereocenters. The van der Waals surface area contributed by atoms with E-state index in [1.807, 2.05) is 0 Å². The van der Waals surface area contributed by atoms with Crippen LogP contribution in [0.15, 0.2) is 24.3 Å². The molecule has 0 radical (unpaired) electrons. The summed E-state index contributed by atoms with van der Waals surface area (Å²) in [6.45, 7) is 0. The minimum atomic E-state index is -1.01. The lowest BCUT2D eigenvalue weighted by molar-refractivity contribution is -0.138. The lowest BCUT2D eigenvalue weighted by Gasteiger charge is -2.11. The van der Waals surface area contributed by atoms with Crippen LogP contribution in [0.2, 0.25) is 0 Å². The monoisotopic (exact) mass is 305 g/mol. The Balaban J connectivity index is 1.85. The van der Waals surface area contributed by atoms with E-state index in [1.165, 1.54) is 0 Å². The highest BCUT2D eigenvalue weighted by atomic mass is 16.5. The Morgan fingerprint density at radius 3 is 2.32 bits per heavy atom. The minimum absolute atomic E-state index is 0.0166. The van der Waals surface area contributed by atoms with Crippen LogP contribution in [0.25, 0.3) is 0 Å². The number of hydrogen-bond donors (Lipinski definition) is 2. The number of anilines is 1. The lowest BCUT2D eigenvalue weighted by Crippen LogP contribution is -2.15. The van der Waals surface area contributed by atoms with Gasteiger partial charge in [-0.2, -0.15) is 0 Å². The fourth-order valence-corrected chi connectivity index (χ4v) is 2.36. The van der Waals surface area contributed by atoms with E-state index in [9.17, 15) is 14.4 Å². The number of hydrogen-bond acceptors (Lipinski definition) is 4. The molecule has 0 spiro atoms. The van der Waals surface area contributed by atoms with Crippen molar-refractivity contribution < 1.29 is 24.2 Å². The summed E-state index contributed by atoms with van der Waals surface area (Å²) in [6.07, 6.45) is 3.76. The highest BCUT2D eigenvalue weighted by Gasteiger charge is 2.20. The maximum Gasteiger partial charge on any atom is 0.338 e. The lowest BCUT2D eigenvalue weighted by atomic mass is 10.2. The Hall–Kier alpha value is -2.37. The number of esters is 1. The van der Waals surface area contributed by atoms with Crippen molar-refractivity contribution in [1.29, 1.82) is 0 Å². The van der Waals surface area contributed by atoms with Crippen molar-refractivity contribution in [3.05, 3.63) is 29.8 Å². The van der Waals surface area contributed by atoms with Crippen LogP contribution in [0.5, 0.6) is 0 Å². The van der Waals surface area contributed by atoms with Crippen LogP contribution in [0.4, 0.5) is 5.69 Å². The van der Waals surface area contributed by atoms with Gasteiger partial charge in [-0.1, -0.05) is 0 Å². The molecule has 6 heteroatoms. The minimum Gasteiger partial charge on any atom is -0.481 e. The number of benzene rings is 1. The third-order valence-corrected chi connectivity index (χ3v) is 3.55. The number of carbonyl (C=O) groups excluding carboxylic acids is 2.